The molecule has 4 rings (SSSR count). The lowest BCUT2D eigenvalue weighted by Crippen LogP contribution is -2.33. The average Bonchev–Trinajstić information content (AvgIpc) is 3.17. The van der Waals surface area contributed by atoms with Crippen molar-refractivity contribution in [3.8, 4) is 0 Å². The smallest absolute Gasteiger partial charge is 0.262 e. The summed E-state index contributed by atoms with van der Waals surface area (Å²) in [5.41, 5.74) is 3.77. The van der Waals surface area contributed by atoms with E-state index in [0.717, 1.165) is 18.1 Å². The quantitative estimate of drug-likeness (QED) is 0.437. The van der Waals surface area contributed by atoms with Crippen LogP contribution in [-0.2, 0) is 6.54 Å². The van der Waals surface area contributed by atoms with E-state index in [1.165, 1.54) is 36.4 Å². The van der Waals surface area contributed by atoms with Crippen molar-refractivity contribution in [3.63, 3.8) is 0 Å². The first-order chi connectivity index (χ1) is 13.1. The van der Waals surface area contributed by atoms with E-state index >= 15 is 0 Å². The molecule has 2 aromatic carbocycles. The molecule has 3 aromatic rings. The predicted octanol–water partition coefficient (Wildman–Crippen LogP) is 6.74. The SMILES string of the molecule is CCN1/C(=C/C(C)=C/c2sc3ccccc3[n+]2CC)Sc2ccc(Cl)cc21. The summed E-state index contributed by atoms with van der Waals surface area (Å²) in [6, 6.07) is 14.8. The maximum atomic E-state index is 6.21. The van der Waals surface area contributed by atoms with Crippen LogP contribution >= 0.6 is 34.7 Å². The summed E-state index contributed by atoms with van der Waals surface area (Å²) in [6.07, 6.45) is 4.58. The molecule has 2 nitrogen and oxygen atoms in total. The van der Waals surface area contributed by atoms with Gasteiger partial charge in [-0.25, -0.2) is 0 Å². The number of hydrogen-bond donors (Lipinski definition) is 0. The van der Waals surface area contributed by atoms with E-state index in [-0.39, 0.29) is 0 Å². The lowest BCUT2D eigenvalue weighted by atomic mass is 10.2. The van der Waals surface area contributed by atoms with Crippen LogP contribution < -0.4 is 9.47 Å². The minimum atomic E-state index is 0.788. The van der Waals surface area contributed by atoms with Crippen molar-refractivity contribution in [3.05, 3.63) is 69.2 Å². The van der Waals surface area contributed by atoms with Gasteiger partial charge in [0.15, 0.2) is 0 Å². The molecule has 0 saturated heterocycles. The third-order valence-electron chi connectivity index (χ3n) is 4.66. The van der Waals surface area contributed by atoms with Crippen molar-refractivity contribution in [1.82, 2.24) is 0 Å². The first-order valence-electron chi connectivity index (χ1n) is 9.17. The van der Waals surface area contributed by atoms with E-state index in [4.69, 9.17) is 11.6 Å². The lowest BCUT2D eigenvalue weighted by molar-refractivity contribution is -0.665. The van der Waals surface area contributed by atoms with Crippen LogP contribution in [0.1, 0.15) is 25.8 Å². The van der Waals surface area contributed by atoms with Gasteiger partial charge in [-0.3, -0.25) is 0 Å². The van der Waals surface area contributed by atoms with Gasteiger partial charge in [0, 0.05) is 28.6 Å². The van der Waals surface area contributed by atoms with Gasteiger partial charge in [0.2, 0.25) is 5.52 Å². The van der Waals surface area contributed by atoms with Crippen LogP contribution in [-0.4, -0.2) is 6.54 Å². The Bertz CT molecular complexity index is 1070. The molecular formula is C22H22ClN2S2+. The number of hydrogen-bond acceptors (Lipinski definition) is 3. The number of benzene rings is 2. The molecule has 0 bridgehead atoms. The van der Waals surface area contributed by atoms with Crippen molar-refractivity contribution >= 4 is 56.7 Å². The Morgan fingerprint density at radius 3 is 2.78 bits per heavy atom. The fraction of sp³-hybridized carbons (Fsp3) is 0.227. The zero-order valence-corrected chi connectivity index (χ0v) is 18.1. The average molecular weight is 414 g/mol. The molecule has 0 fully saturated rings. The van der Waals surface area contributed by atoms with Gasteiger partial charge in [0.1, 0.15) is 11.2 Å². The summed E-state index contributed by atoms with van der Waals surface area (Å²) in [5, 5.41) is 3.34. The van der Waals surface area contributed by atoms with Crippen LogP contribution in [0.3, 0.4) is 0 Å². The summed E-state index contributed by atoms with van der Waals surface area (Å²) in [7, 11) is 0. The number of fused-ring (bicyclic) bond motifs is 2. The minimum absolute atomic E-state index is 0.788. The summed E-state index contributed by atoms with van der Waals surface area (Å²) < 4.78 is 3.72. The van der Waals surface area contributed by atoms with Gasteiger partial charge >= 0.3 is 0 Å². The number of aromatic nitrogens is 1. The molecule has 0 unspecified atom stereocenters. The van der Waals surface area contributed by atoms with Crippen LogP contribution in [0, 0.1) is 0 Å². The molecule has 0 aliphatic carbocycles. The second-order valence-electron chi connectivity index (χ2n) is 6.48. The van der Waals surface area contributed by atoms with Gasteiger partial charge in [0.25, 0.3) is 5.01 Å². The molecule has 0 N–H and O–H groups in total. The Morgan fingerprint density at radius 1 is 1.19 bits per heavy atom. The van der Waals surface area contributed by atoms with Crippen LogP contribution in [0.5, 0.6) is 0 Å². The van der Waals surface area contributed by atoms with Crippen LogP contribution in [0.4, 0.5) is 5.69 Å². The lowest BCUT2D eigenvalue weighted by Gasteiger charge is -2.18. The number of para-hydroxylation sites is 1. The number of halogens is 1. The molecule has 0 amide bonds. The molecule has 0 saturated carbocycles. The van der Waals surface area contributed by atoms with Crippen molar-refractivity contribution < 1.29 is 4.57 Å². The van der Waals surface area contributed by atoms with Crippen molar-refractivity contribution in [2.24, 2.45) is 0 Å². The largest absolute Gasteiger partial charge is 0.335 e. The van der Waals surface area contributed by atoms with Crippen molar-refractivity contribution in [2.75, 3.05) is 11.4 Å². The highest BCUT2D eigenvalue weighted by molar-refractivity contribution is 8.03. The summed E-state index contributed by atoms with van der Waals surface area (Å²) in [5.74, 6) is 0. The van der Waals surface area contributed by atoms with E-state index < -0.39 is 0 Å². The topological polar surface area (TPSA) is 7.12 Å². The van der Waals surface area contributed by atoms with Gasteiger partial charge in [0.05, 0.1) is 10.7 Å². The first-order valence-corrected chi connectivity index (χ1v) is 11.2. The van der Waals surface area contributed by atoms with Gasteiger partial charge in [-0.2, -0.15) is 4.57 Å². The van der Waals surface area contributed by atoms with Crippen molar-refractivity contribution in [1.29, 1.82) is 0 Å². The Morgan fingerprint density at radius 2 is 2.00 bits per heavy atom. The predicted molar refractivity (Wildman–Crippen MR) is 120 cm³/mol. The highest BCUT2D eigenvalue weighted by Crippen LogP contribution is 2.47. The number of nitrogens with zero attached hydrogens (tertiary/aromatic N) is 2. The van der Waals surface area contributed by atoms with Gasteiger partial charge in [-0.15, -0.1) is 0 Å². The Hall–Kier alpha value is -1.75. The number of aryl methyl sites for hydroxylation is 1. The van der Waals surface area contributed by atoms with Crippen LogP contribution in [0.2, 0.25) is 5.02 Å². The van der Waals surface area contributed by atoms with Crippen molar-refractivity contribution in [2.45, 2.75) is 32.2 Å². The maximum absolute atomic E-state index is 6.21. The number of thioether (sulfide) groups is 1. The fourth-order valence-corrected chi connectivity index (χ4v) is 6.05. The third kappa shape index (κ3) is 3.54. The highest BCUT2D eigenvalue weighted by atomic mass is 35.5. The normalized spacial score (nSPS) is 15.8. The van der Waals surface area contributed by atoms with E-state index in [1.54, 1.807) is 0 Å². The Labute approximate surface area is 173 Å². The van der Waals surface area contributed by atoms with Gasteiger partial charge in [-0.1, -0.05) is 46.8 Å². The zero-order valence-electron chi connectivity index (χ0n) is 15.7. The fourth-order valence-electron chi connectivity index (χ4n) is 3.43. The molecule has 2 heterocycles. The van der Waals surface area contributed by atoms with E-state index in [0.29, 0.717) is 0 Å². The monoisotopic (exact) mass is 413 g/mol. The molecule has 1 aliphatic heterocycles. The molecule has 5 heteroatoms. The Balaban J connectivity index is 1.70. The summed E-state index contributed by atoms with van der Waals surface area (Å²) in [4.78, 5) is 3.60. The number of anilines is 1. The molecule has 0 radical (unpaired) electrons. The standard InChI is InChI=1S/C22H22ClN2S2/c1-4-24-17-8-6-7-9-19(17)26-21(24)12-15(3)13-22-25(5-2)18-14-16(23)10-11-20(18)27-22/h6-14H,4-5H2,1-3H3/q+1. The summed E-state index contributed by atoms with van der Waals surface area (Å²) in [6.45, 7) is 8.47. The molecule has 0 atom stereocenters. The molecule has 0 spiro atoms. The number of thiazole rings is 1. The van der Waals surface area contributed by atoms with Crippen LogP contribution in [0.15, 0.2) is 64.0 Å². The molecular weight excluding hydrogens is 392 g/mol. The first kappa shape index (κ1) is 18.6. The molecule has 1 aromatic heterocycles. The second-order valence-corrected chi connectivity index (χ2v) is 9.04. The van der Waals surface area contributed by atoms with E-state index in [1.807, 2.05) is 29.2 Å². The Kier molecular flexibility index (Phi) is 5.31. The number of rotatable bonds is 4. The van der Waals surface area contributed by atoms with Gasteiger partial charge < -0.3 is 4.90 Å². The highest BCUT2D eigenvalue weighted by Gasteiger charge is 2.24. The maximum Gasteiger partial charge on any atom is 0.262 e. The molecule has 27 heavy (non-hydrogen) atoms. The minimum Gasteiger partial charge on any atom is -0.335 e. The zero-order chi connectivity index (χ0) is 19.0. The van der Waals surface area contributed by atoms with Gasteiger partial charge in [-0.05, 0) is 56.7 Å². The molecule has 138 valence electrons. The van der Waals surface area contributed by atoms with E-state index in [9.17, 15) is 0 Å². The van der Waals surface area contributed by atoms with Crippen LogP contribution in [0.25, 0.3) is 16.3 Å². The summed E-state index contributed by atoms with van der Waals surface area (Å²) >= 11 is 9.88. The molecule has 1 aliphatic rings. The number of allylic oxidation sites excluding steroid dienone is 2. The second kappa shape index (κ2) is 7.70. The van der Waals surface area contributed by atoms with E-state index in [2.05, 4.69) is 78.8 Å². The third-order valence-corrected chi connectivity index (χ3v) is 7.12.